The fraction of sp³-hybridized carbons (Fsp3) is 0.625. The topological polar surface area (TPSA) is 24.5 Å². The van der Waals surface area contributed by atoms with Crippen LogP contribution < -0.4 is 10.1 Å². The van der Waals surface area contributed by atoms with Crippen LogP contribution in [0.5, 0.6) is 5.75 Å². The summed E-state index contributed by atoms with van der Waals surface area (Å²) in [4.78, 5) is 2.55. The average molecular weight is 262 g/mol. The van der Waals surface area contributed by atoms with Gasteiger partial charge >= 0.3 is 0 Å². The second-order valence-corrected chi connectivity index (χ2v) is 5.54. The number of hydrogen-bond acceptors (Lipinski definition) is 3. The van der Waals surface area contributed by atoms with Crippen molar-refractivity contribution < 1.29 is 4.74 Å². The molecule has 106 valence electrons. The van der Waals surface area contributed by atoms with Gasteiger partial charge in [0.1, 0.15) is 5.75 Å². The maximum atomic E-state index is 5.43. The Hall–Kier alpha value is -1.06. The molecule has 0 aliphatic carbocycles. The summed E-state index contributed by atoms with van der Waals surface area (Å²) in [6, 6.07) is 9.06. The van der Waals surface area contributed by atoms with Crippen molar-refractivity contribution in [3.05, 3.63) is 29.8 Å². The Labute approximate surface area is 116 Å². The van der Waals surface area contributed by atoms with E-state index in [1.807, 2.05) is 12.1 Å². The molecule has 1 aliphatic rings. The number of benzene rings is 1. The van der Waals surface area contributed by atoms with Crippen LogP contribution >= 0.6 is 0 Å². The van der Waals surface area contributed by atoms with Crippen LogP contribution in [0.1, 0.15) is 38.3 Å². The number of para-hydroxylation sites is 1. The fourth-order valence-electron chi connectivity index (χ4n) is 2.95. The zero-order valence-corrected chi connectivity index (χ0v) is 12.4. The van der Waals surface area contributed by atoms with Gasteiger partial charge in [0, 0.05) is 24.2 Å². The molecule has 0 saturated carbocycles. The van der Waals surface area contributed by atoms with E-state index in [0.717, 1.165) is 12.3 Å². The highest BCUT2D eigenvalue weighted by Crippen LogP contribution is 2.24. The van der Waals surface area contributed by atoms with Crippen molar-refractivity contribution in [2.45, 2.75) is 38.8 Å². The van der Waals surface area contributed by atoms with Gasteiger partial charge in [-0.3, -0.25) is 0 Å². The number of hydrogen-bond donors (Lipinski definition) is 1. The van der Waals surface area contributed by atoms with Gasteiger partial charge in [-0.25, -0.2) is 0 Å². The summed E-state index contributed by atoms with van der Waals surface area (Å²) in [6.07, 6.45) is 2.71. The molecule has 3 heteroatoms. The minimum atomic E-state index is 0.314. The van der Waals surface area contributed by atoms with Crippen LogP contribution in [0.3, 0.4) is 0 Å². The molecular weight excluding hydrogens is 236 g/mol. The van der Waals surface area contributed by atoms with Gasteiger partial charge in [0.2, 0.25) is 0 Å². The van der Waals surface area contributed by atoms with E-state index in [4.69, 9.17) is 4.74 Å². The van der Waals surface area contributed by atoms with Gasteiger partial charge in [-0.1, -0.05) is 18.2 Å². The van der Waals surface area contributed by atoms with Crippen molar-refractivity contribution in [1.82, 2.24) is 10.2 Å². The first-order valence-corrected chi connectivity index (χ1v) is 7.32. The Morgan fingerprint density at radius 1 is 1.21 bits per heavy atom. The second-order valence-electron chi connectivity index (χ2n) is 5.54. The Bertz CT molecular complexity index is 388. The standard InChI is InChI=1S/C16H26N2O/c1-13(12-18-10-6-7-11-18)17-14(2)15-8-4-5-9-16(15)19-3/h4-5,8-9,13-14,17H,6-7,10-12H2,1-3H3. The van der Waals surface area contributed by atoms with E-state index in [-0.39, 0.29) is 0 Å². The monoisotopic (exact) mass is 262 g/mol. The summed E-state index contributed by atoms with van der Waals surface area (Å²) in [6.45, 7) is 8.13. The summed E-state index contributed by atoms with van der Waals surface area (Å²) < 4.78 is 5.43. The third kappa shape index (κ3) is 3.95. The molecule has 1 saturated heterocycles. The van der Waals surface area contributed by atoms with E-state index in [1.54, 1.807) is 7.11 Å². The average Bonchev–Trinajstić information content (AvgIpc) is 2.91. The van der Waals surface area contributed by atoms with Crippen LogP contribution in [-0.4, -0.2) is 37.7 Å². The van der Waals surface area contributed by atoms with Crippen LogP contribution in [0.2, 0.25) is 0 Å². The zero-order chi connectivity index (χ0) is 13.7. The Balaban J connectivity index is 1.90. The number of rotatable bonds is 6. The molecule has 1 heterocycles. The molecule has 2 rings (SSSR count). The third-order valence-electron chi connectivity index (χ3n) is 3.87. The zero-order valence-electron chi connectivity index (χ0n) is 12.4. The minimum Gasteiger partial charge on any atom is -0.496 e. The maximum absolute atomic E-state index is 5.43. The number of nitrogens with one attached hydrogen (secondary N) is 1. The lowest BCUT2D eigenvalue weighted by Gasteiger charge is -2.25. The predicted molar refractivity (Wildman–Crippen MR) is 79.7 cm³/mol. The van der Waals surface area contributed by atoms with E-state index in [1.165, 1.54) is 31.5 Å². The summed E-state index contributed by atoms with van der Waals surface area (Å²) in [5, 5.41) is 3.68. The predicted octanol–water partition coefficient (Wildman–Crippen LogP) is 2.83. The summed E-state index contributed by atoms with van der Waals surface area (Å²) in [5.41, 5.74) is 1.23. The highest BCUT2D eigenvalue weighted by atomic mass is 16.5. The molecule has 19 heavy (non-hydrogen) atoms. The Morgan fingerprint density at radius 3 is 2.58 bits per heavy atom. The first-order valence-electron chi connectivity index (χ1n) is 7.32. The lowest BCUT2D eigenvalue weighted by molar-refractivity contribution is 0.287. The molecular formula is C16H26N2O. The highest BCUT2D eigenvalue weighted by Gasteiger charge is 2.17. The maximum Gasteiger partial charge on any atom is 0.123 e. The third-order valence-corrected chi connectivity index (χ3v) is 3.87. The molecule has 0 aromatic heterocycles. The molecule has 1 N–H and O–H groups in total. The van der Waals surface area contributed by atoms with Gasteiger partial charge in [0.05, 0.1) is 7.11 Å². The molecule has 0 radical (unpaired) electrons. The van der Waals surface area contributed by atoms with Crippen molar-refractivity contribution in [2.24, 2.45) is 0 Å². The van der Waals surface area contributed by atoms with Gasteiger partial charge < -0.3 is 15.0 Å². The number of likely N-dealkylation sites (tertiary alicyclic amines) is 1. The van der Waals surface area contributed by atoms with Crippen molar-refractivity contribution in [1.29, 1.82) is 0 Å². The summed E-state index contributed by atoms with van der Waals surface area (Å²) in [7, 11) is 1.74. The molecule has 0 bridgehead atoms. The molecule has 1 fully saturated rings. The van der Waals surface area contributed by atoms with E-state index < -0.39 is 0 Å². The van der Waals surface area contributed by atoms with Gasteiger partial charge in [-0.05, 0) is 45.8 Å². The van der Waals surface area contributed by atoms with Crippen LogP contribution in [0.4, 0.5) is 0 Å². The van der Waals surface area contributed by atoms with Gasteiger partial charge in [-0.2, -0.15) is 0 Å². The Morgan fingerprint density at radius 2 is 1.89 bits per heavy atom. The minimum absolute atomic E-state index is 0.314. The van der Waals surface area contributed by atoms with Crippen LogP contribution in [0.15, 0.2) is 24.3 Å². The SMILES string of the molecule is COc1ccccc1C(C)NC(C)CN1CCCC1. The Kier molecular flexibility index (Phi) is 5.23. The molecule has 0 spiro atoms. The van der Waals surface area contributed by atoms with E-state index >= 15 is 0 Å². The van der Waals surface area contributed by atoms with Gasteiger partial charge in [0.15, 0.2) is 0 Å². The van der Waals surface area contributed by atoms with E-state index in [2.05, 4.69) is 36.2 Å². The smallest absolute Gasteiger partial charge is 0.123 e. The molecule has 1 aromatic rings. The lowest BCUT2D eigenvalue weighted by Crippen LogP contribution is -2.39. The molecule has 1 aromatic carbocycles. The lowest BCUT2D eigenvalue weighted by atomic mass is 10.1. The van der Waals surface area contributed by atoms with Gasteiger partial charge in [-0.15, -0.1) is 0 Å². The normalized spacial score (nSPS) is 19.3. The van der Waals surface area contributed by atoms with Crippen LogP contribution in [-0.2, 0) is 0 Å². The van der Waals surface area contributed by atoms with Crippen molar-refractivity contribution >= 4 is 0 Å². The number of ether oxygens (including phenoxy) is 1. The first-order chi connectivity index (χ1) is 9.20. The van der Waals surface area contributed by atoms with Crippen LogP contribution in [0, 0.1) is 0 Å². The summed E-state index contributed by atoms with van der Waals surface area (Å²) >= 11 is 0. The quantitative estimate of drug-likeness (QED) is 0.853. The summed E-state index contributed by atoms with van der Waals surface area (Å²) in [5.74, 6) is 0.968. The van der Waals surface area contributed by atoms with Crippen molar-refractivity contribution in [3.63, 3.8) is 0 Å². The first kappa shape index (κ1) is 14.4. The number of nitrogens with zero attached hydrogens (tertiary/aromatic N) is 1. The molecule has 3 nitrogen and oxygen atoms in total. The second kappa shape index (κ2) is 6.92. The van der Waals surface area contributed by atoms with Crippen molar-refractivity contribution in [2.75, 3.05) is 26.7 Å². The van der Waals surface area contributed by atoms with Crippen LogP contribution in [0.25, 0.3) is 0 Å². The molecule has 0 amide bonds. The van der Waals surface area contributed by atoms with Crippen molar-refractivity contribution in [3.8, 4) is 5.75 Å². The van der Waals surface area contributed by atoms with E-state index in [0.29, 0.717) is 12.1 Å². The highest BCUT2D eigenvalue weighted by molar-refractivity contribution is 5.35. The molecule has 1 aliphatic heterocycles. The number of methoxy groups -OCH3 is 1. The van der Waals surface area contributed by atoms with E-state index in [9.17, 15) is 0 Å². The van der Waals surface area contributed by atoms with Gasteiger partial charge in [0.25, 0.3) is 0 Å². The fourth-order valence-corrected chi connectivity index (χ4v) is 2.95. The largest absolute Gasteiger partial charge is 0.496 e. The molecule has 2 atom stereocenters. The molecule has 2 unspecified atom stereocenters.